The number of carbonyl (C=O) groups is 2. The number of carboxylic acids is 1. The summed E-state index contributed by atoms with van der Waals surface area (Å²) in [4.78, 5) is 24.3. The lowest BCUT2D eigenvalue weighted by Gasteiger charge is -2.33. The van der Waals surface area contributed by atoms with Crippen LogP contribution in [0, 0.1) is 11.8 Å². The molecular weight excluding hydrogens is 370 g/mol. The molecule has 0 bridgehead atoms. The van der Waals surface area contributed by atoms with E-state index >= 15 is 0 Å². The number of carbonyl (C=O) groups excluding carboxylic acids is 1. The summed E-state index contributed by atoms with van der Waals surface area (Å²) < 4.78 is 5.36. The number of ether oxygens (including phenoxy) is 1. The van der Waals surface area contributed by atoms with Crippen LogP contribution in [0.25, 0.3) is 0 Å². The van der Waals surface area contributed by atoms with Gasteiger partial charge in [-0.2, -0.15) is 0 Å². The van der Waals surface area contributed by atoms with Gasteiger partial charge in [-0.3, -0.25) is 4.79 Å². The van der Waals surface area contributed by atoms with E-state index in [4.69, 9.17) is 4.74 Å². The SMILES string of the molecule is CC(C)(C)OC(=O)N[C@@H](CC1CCCCC1)[C@@H](O)[C@@H](Cc1ccccc1)C(=O)O. The molecule has 0 radical (unpaired) electrons. The molecule has 1 aliphatic rings. The Hall–Kier alpha value is -2.08. The quantitative estimate of drug-likeness (QED) is 0.604. The lowest BCUT2D eigenvalue weighted by atomic mass is 9.80. The van der Waals surface area contributed by atoms with E-state index in [0.717, 1.165) is 31.2 Å². The summed E-state index contributed by atoms with van der Waals surface area (Å²) in [5, 5.41) is 23.6. The van der Waals surface area contributed by atoms with Crippen molar-refractivity contribution in [2.75, 3.05) is 0 Å². The van der Waals surface area contributed by atoms with Crippen LogP contribution < -0.4 is 5.32 Å². The van der Waals surface area contributed by atoms with Gasteiger partial charge in [-0.05, 0) is 45.1 Å². The summed E-state index contributed by atoms with van der Waals surface area (Å²) in [6, 6.07) is 8.59. The van der Waals surface area contributed by atoms with E-state index in [0.29, 0.717) is 12.3 Å². The predicted octanol–water partition coefficient (Wildman–Crippen LogP) is 4.15. The van der Waals surface area contributed by atoms with Gasteiger partial charge >= 0.3 is 12.1 Å². The molecule has 1 saturated carbocycles. The Bertz CT molecular complexity index is 649. The van der Waals surface area contributed by atoms with E-state index in [1.54, 1.807) is 20.8 Å². The van der Waals surface area contributed by atoms with Gasteiger partial charge in [0.25, 0.3) is 0 Å². The Morgan fingerprint density at radius 2 is 1.76 bits per heavy atom. The molecular formula is C23H35NO5. The van der Waals surface area contributed by atoms with Crippen molar-refractivity contribution in [1.82, 2.24) is 5.32 Å². The van der Waals surface area contributed by atoms with Gasteiger partial charge in [-0.15, -0.1) is 0 Å². The maximum Gasteiger partial charge on any atom is 0.407 e. The zero-order valence-electron chi connectivity index (χ0n) is 17.8. The number of aliphatic hydroxyl groups excluding tert-OH is 1. The van der Waals surface area contributed by atoms with Gasteiger partial charge in [0.15, 0.2) is 0 Å². The summed E-state index contributed by atoms with van der Waals surface area (Å²) in [7, 11) is 0. The molecule has 6 heteroatoms. The fraction of sp³-hybridized carbons (Fsp3) is 0.652. The second-order valence-electron chi connectivity index (χ2n) is 9.12. The van der Waals surface area contributed by atoms with Gasteiger partial charge in [0.2, 0.25) is 0 Å². The summed E-state index contributed by atoms with van der Waals surface area (Å²) >= 11 is 0. The van der Waals surface area contributed by atoms with Crippen molar-refractivity contribution in [2.24, 2.45) is 11.8 Å². The molecule has 6 nitrogen and oxygen atoms in total. The largest absolute Gasteiger partial charge is 0.481 e. The molecule has 0 heterocycles. The highest BCUT2D eigenvalue weighted by Crippen LogP contribution is 2.29. The van der Waals surface area contributed by atoms with Gasteiger partial charge in [-0.25, -0.2) is 4.79 Å². The predicted molar refractivity (Wildman–Crippen MR) is 112 cm³/mol. The number of hydrogen-bond donors (Lipinski definition) is 3. The first-order valence-electron chi connectivity index (χ1n) is 10.6. The second kappa shape index (κ2) is 10.6. The molecule has 0 unspecified atom stereocenters. The third-order valence-electron chi connectivity index (χ3n) is 5.45. The molecule has 1 amide bonds. The number of benzene rings is 1. The minimum atomic E-state index is -1.21. The first kappa shape index (κ1) is 23.2. The Labute approximate surface area is 173 Å². The third kappa shape index (κ3) is 8.05. The van der Waals surface area contributed by atoms with Gasteiger partial charge in [0.1, 0.15) is 5.60 Å². The van der Waals surface area contributed by atoms with Crippen LogP contribution in [0.15, 0.2) is 30.3 Å². The third-order valence-corrected chi connectivity index (χ3v) is 5.45. The topological polar surface area (TPSA) is 95.9 Å². The number of nitrogens with one attached hydrogen (secondary N) is 1. The van der Waals surface area contributed by atoms with Crippen molar-refractivity contribution in [3.05, 3.63) is 35.9 Å². The lowest BCUT2D eigenvalue weighted by Crippen LogP contribution is -2.51. The molecule has 1 aliphatic carbocycles. The van der Waals surface area contributed by atoms with E-state index in [2.05, 4.69) is 5.32 Å². The molecule has 3 N–H and O–H groups in total. The molecule has 0 aliphatic heterocycles. The van der Waals surface area contributed by atoms with Crippen LogP contribution >= 0.6 is 0 Å². The van der Waals surface area contributed by atoms with Gasteiger partial charge in [-0.1, -0.05) is 62.4 Å². The number of rotatable bonds is 8. The fourth-order valence-corrected chi connectivity index (χ4v) is 4.03. The van der Waals surface area contributed by atoms with Gasteiger partial charge in [0.05, 0.1) is 18.1 Å². The van der Waals surface area contributed by atoms with E-state index < -0.39 is 35.7 Å². The van der Waals surface area contributed by atoms with Gasteiger partial charge in [0, 0.05) is 0 Å². The zero-order chi connectivity index (χ0) is 21.4. The number of amides is 1. The smallest absolute Gasteiger partial charge is 0.407 e. The first-order valence-corrected chi connectivity index (χ1v) is 10.6. The standard InChI is InChI=1S/C23H35NO5/c1-23(2,3)29-22(28)24-19(15-17-12-8-5-9-13-17)20(25)18(21(26)27)14-16-10-6-4-7-11-16/h4,6-7,10-11,17-20,25H,5,8-9,12-15H2,1-3H3,(H,24,28)(H,26,27)/t18-,19+,20+/m1/s1. The van der Waals surface area contributed by atoms with Crippen LogP contribution in [0.5, 0.6) is 0 Å². The van der Waals surface area contributed by atoms with Gasteiger partial charge < -0.3 is 20.3 Å². The molecule has 2 rings (SSSR count). The van der Waals surface area contributed by atoms with Crippen LogP contribution in [-0.2, 0) is 16.0 Å². The monoisotopic (exact) mass is 405 g/mol. The molecule has 1 aromatic carbocycles. The number of alkyl carbamates (subject to hydrolysis) is 1. The highest BCUT2D eigenvalue weighted by Gasteiger charge is 2.36. The van der Waals surface area contributed by atoms with Crippen molar-refractivity contribution in [3.63, 3.8) is 0 Å². The number of aliphatic carboxylic acids is 1. The number of hydrogen-bond acceptors (Lipinski definition) is 4. The zero-order valence-corrected chi connectivity index (χ0v) is 17.8. The highest BCUT2D eigenvalue weighted by molar-refractivity contribution is 5.72. The number of carboxylic acid groups (broad SMARTS) is 1. The molecule has 0 spiro atoms. The second-order valence-corrected chi connectivity index (χ2v) is 9.12. The molecule has 0 aromatic heterocycles. The highest BCUT2D eigenvalue weighted by atomic mass is 16.6. The molecule has 0 saturated heterocycles. The van der Waals surface area contributed by atoms with Crippen LogP contribution in [0.2, 0.25) is 0 Å². The van der Waals surface area contributed by atoms with Crippen LogP contribution in [-0.4, -0.2) is 40.0 Å². The maximum absolute atomic E-state index is 12.4. The molecule has 1 fully saturated rings. The summed E-state index contributed by atoms with van der Waals surface area (Å²) in [6.45, 7) is 5.32. The van der Waals surface area contributed by atoms with Crippen molar-refractivity contribution in [2.45, 2.75) is 83.5 Å². The molecule has 29 heavy (non-hydrogen) atoms. The van der Waals surface area contributed by atoms with E-state index in [1.165, 1.54) is 6.42 Å². The van der Waals surface area contributed by atoms with Crippen molar-refractivity contribution in [3.8, 4) is 0 Å². The van der Waals surface area contributed by atoms with E-state index in [-0.39, 0.29) is 6.42 Å². The van der Waals surface area contributed by atoms with Crippen LogP contribution in [0.3, 0.4) is 0 Å². The first-order chi connectivity index (χ1) is 13.7. The fourth-order valence-electron chi connectivity index (χ4n) is 4.03. The molecule has 162 valence electrons. The van der Waals surface area contributed by atoms with Crippen LogP contribution in [0.4, 0.5) is 4.79 Å². The van der Waals surface area contributed by atoms with E-state index in [1.807, 2.05) is 30.3 Å². The molecule has 3 atom stereocenters. The Morgan fingerprint density at radius 3 is 2.31 bits per heavy atom. The summed E-state index contributed by atoms with van der Waals surface area (Å²) in [5.74, 6) is -1.72. The lowest BCUT2D eigenvalue weighted by molar-refractivity contribution is -0.146. The minimum Gasteiger partial charge on any atom is -0.481 e. The number of aliphatic hydroxyl groups is 1. The minimum absolute atomic E-state index is 0.203. The Morgan fingerprint density at radius 1 is 1.14 bits per heavy atom. The van der Waals surface area contributed by atoms with E-state index in [9.17, 15) is 19.8 Å². The normalized spacial score (nSPS) is 18.5. The molecule has 1 aromatic rings. The average molecular weight is 406 g/mol. The van der Waals surface area contributed by atoms with Crippen molar-refractivity contribution in [1.29, 1.82) is 0 Å². The summed E-state index contributed by atoms with van der Waals surface area (Å²) in [5.41, 5.74) is 0.174. The average Bonchev–Trinajstić information content (AvgIpc) is 2.65. The van der Waals surface area contributed by atoms with Crippen LogP contribution in [0.1, 0.15) is 64.9 Å². The maximum atomic E-state index is 12.4. The summed E-state index contributed by atoms with van der Waals surface area (Å²) in [6.07, 6.45) is 4.47. The van der Waals surface area contributed by atoms with Crippen molar-refractivity contribution >= 4 is 12.1 Å². The Kier molecular flexibility index (Phi) is 8.50. The van der Waals surface area contributed by atoms with Crippen molar-refractivity contribution < 1.29 is 24.5 Å². The Balaban J connectivity index is 2.15.